The van der Waals surface area contributed by atoms with Gasteiger partial charge in [-0.05, 0) is 32.2 Å². The number of imidazole rings is 1. The molecule has 1 aliphatic carbocycles. The molecule has 2 N–H and O–H groups in total. The van der Waals surface area contributed by atoms with Crippen molar-refractivity contribution in [3.8, 4) is 17.1 Å². The first kappa shape index (κ1) is 16.4. The molecule has 2 fully saturated rings. The van der Waals surface area contributed by atoms with E-state index in [2.05, 4.69) is 20.6 Å². The molecule has 3 aromatic rings. The van der Waals surface area contributed by atoms with E-state index in [0.29, 0.717) is 12.0 Å². The molecule has 4 heterocycles. The third-order valence-corrected chi connectivity index (χ3v) is 5.21. The summed E-state index contributed by atoms with van der Waals surface area (Å²) in [5.74, 6) is 2.08. The van der Waals surface area contributed by atoms with Crippen molar-refractivity contribution in [3.63, 3.8) is 0 Å². The lowest BCUT2D eigenvalue weighted by Gasteiger charge is -2.24. The van der Waals surface area contributed by atoms with E-state index in [9.17, 15) is 0 Å². The van der Waals surface area contributed by atoms with Gasteiger partial charge in [0, 0.05) is 24.6 Å². The first-order valence-electron chi connectivity index (χ1n) is 9.54. The van der Waals surface area contributed by atoms with Crippen molar-refractivity contribution >= 4 is 11.5 Å². The summed E-state index contributed by atoms with van der Waals surface area (Å²) in [5, 5.41) is 11.7. The van der Waals surface area contributed by atoms with Crippen LogP contribution in [0.5, 0.6) is 5.75 Å². The van der Waals surface area contributed by atoms with E-state index in [4.69, 9.17) is 14.8 Å². The van der Waals surface area contributed by atoms with Crippen LogP contribution in [0.3, 0.4) is 0 Å². The second kappa shape index (κ2) is 6.77. The van der Waals surface area contributed by atoms with Gasteiger partial charge in [0.1, 0.15) is 28.6 Å². The number of ether oxygens (including phenoxy) is 1. The van der Waals surface area contributed by atoms with Gasteiger partial charge in [0.05, 0.1) is 25.7 Å². The van der Waals surface area contributed by atoms with Crippen LogP contribution in [0.25, 0.3) is 17.0 Å². The van der Waals surface area contributed by atoms with Crippen molar-refractivity contribution in [3.05, 3.63) is 30.4 Å². The molecule has 0 aromatic carbocycles. The minimum absolute atomic E-state index is 0.384. The van der Waals surface area contributed by atoms with Gasteiger partial charge < -0.3 is 15.4 Å². The Balaban J connectivity index is 1.49. The molecule has 1 saturated carbocycles. The lowest BCUT2D eigenvalue weighted by Crippen LogP contribution is -2.38. The highest BCUT2D eigenvalue weighted by Gasteiger charge is 2.29. The molecule has 8 nitrogen and oxygen atoms in total. The molecule has 5 rings (SSSR count). The average molecular weight is 365 g/mol. The van der Waals surface area contributed by atoms with Gasteiger partial charge in [-0.3, -0.25) is 4.98 Å². The zero-order chi connectivity index (χ0) is 18.2. The Morgan fingerprint density at radius 2 is 2.15 bits per heavy atom. The summed E-state index contributed by atoms with van der Waals surface area (Å²) in [6.07, 6.45) is 9.97. The van der Waals surface area contributed by atoms with Crippen LogP contribution >= 0.6 is 0 Å². The minimum atomic E-state index is 0.384. The summed E-state index contributed by atoms with van der Waals surface area (Å²) in [7, 11) is 1.68. The van der Waals surface area contributed by atoms with E-state index >= 15 is 0 Å². The monoisotopic (exact) mass is 365 g/mol. The number of hydrogen-bond acceptors (Lipinski definition) is 7. The number of anilines is 1. The van der Waals surface area contributed by atoms with Crippen molar-refractivity contribution in [2.75, 3.05) is 25.5 Å². The predicted octanol–water partition coefficient (Wildman–Crippen LogP) is 2.24. The fourth-order valence-electron chi connectivity index (χ4n) is 3.63. The van der Waals surface area contributed by atoms with Crippen LogP contribution in [0, 0.1) is 0 Å². The maximum Gasteiger partial charge on any atom is 0.157 e. The lowest BCUT2D eigenvalue weighted by atomic mass is 10.1. The van der Waals surface area contributed by atoms with E-state index in [-0.39, 0.29) is 0 Å². The molecular weight excluding hydrogens is 342 g/mol. The molecule has 1 saturated heterocycles. The van der Waals surface area contributed by atoms with Crippen LogP contribution in [-0.2, 0) is 0 Å². The molecule has 0 spiro atoms. The molecule has 27 heavy (non-hydrogen) atoms. The summed E-state index contributed by atoms with van der Waals surface area (Å²) >= 11 is 0. The van der Waals surface area contributed by atoms with Crippen LogP contribution in [0.1, 0.15) is 37.3 Å². The molecule has 1 aliphatic heterocycles. The highest BCUT2D eigenvalue weighted by Crippen LogP contribution is 2.43. The topological polar surface area (TPSA) is 89.3 Å². The zero-order valence-corrected chi connectivity index (χ0v) is 15.4. The lowest BCUT2D eigenvalue weighted by molar-refractivity contribution is 0.405. The summed E-state index contributed by atoms with van der Waals surface area (Å²) < 4.78 is 7.37. The van der Waals surface area contributed by atoms with E-state index in [0.717, 1.165) is 66.6 Å². The van der Waals surface area contributed by atoms with Crippen molar-refractivity contribution in [1.29, 1.82) is 0 Å². The van der Waals surface area contributed by atoms with Gasteiger partial charge in [-0.25, -0.2) is 14.5 Å². The summed E-state index contributed by atoms with van der Waals surface area (Å²) in [6, 6.07) is 2.34. The Hall–Kier alpha value is -2.74. The third kappa shape index (κ3) is 3.21. The molecule has 3 aromatic heterocycles. The Morgan fingerprint density at radius 3 is 2.93 bits per heavy atom. The Morgan fingerprint density at radius 1 is 1.22 bits per heavy atom. The number of nitrogens with one attached hydrogen (secondary N) is 2. The third-order valence-electron chi connectivity index (χ3n) is 5.21. The molecule has 140 valence electrons. The fourth-order valence-corrected chi connectivity index (χ4v) is 3.63. The maximum atomic E-state index is 5.51. The first-order valence-corrected chi connectivity index (χ1v) is 9.54. The number of fused-ring (bicyclic) bond motifs is 1. The Bertz CT molecular complexity index is 960. The Labute approximate surface area is 157 Å². The van der Waals surface area contributed by atoms with Gasteiger partial charge in [0.15, 0.2) is 5.65 Å². The number of piperidine rings is 1. The highest BCUT2D eigenvalue weighted by molar-refractivity contribution is 5.61. The summed E-state index contributed by atoms with van der Waals surface area (Å²) in [5.41, 5.74) is 3.35. The van der Waals surface area contributed by atoms with E-state index in [1.54, 1.807) is 25.7 Å². The van der Waals surface area contributed by atoms with Crippen LogP contribution in [0.2, 0.25) is 0 Å². The number of hydrogen-bond donors (Lipinski definition) is 2. The molecule has 0 radical (unpaired) electrons. The van der Waals surface area contributed by atoms with E-state index in [1.807, 2.05) is 10.6 Å². The first-order chi connectivity index (χ1) is 13.3. The van der Waals surface area contributed by atoms with Crippen molar-refractivity contribution < 1.29 is 4.74 Å². The largest absolute Gasteiger partial charge is 0.495 e. The van der Waals surface area contributed by atoms with Crippen molar-refractivity contribution in [1.82, 2.24) is 29.9 Å². The number of rotatable bonds is 5. The number of methoxy groups -OCH3 is 1. The summed E-state index contributed by atoms with van der Waals surface area (Å²) in [6.45, 7) is 2.04. The normalized spacial score (nSPS) is 20.0. The van der Waals surface area contributed by atoms with E-state index < -0.39 is 0 Å². The standard InChI is InChI=1S/C19H23N7O/c1-27-16-7-18-22-10-15(26(18)25-19(16)12-4-5-12)14-9-21-11-17(24-14)23-13-3-2-6-20-8-13/h7,9-13,20H,2-6,8H2,1H3,(H,23,24). The molecular formula is C19H23N7O. The van der Waals surface area contributed by atoms with Crippen LogP contribution in [0.15, 0.2) is 24.7 Å². The van der Waals surface area contributed by atoms with Gasteiger partial charge in [-0.15, -0.1) is 0 Å². The van der Waals surface area contributed by atoms with Crippen LogP contribution in [-0.4, -0.2) is 50.8 Å². The van der Waals surface area contributed by atoms with Crippen LogP contribution in [0.4, 0.5) is 5.82 Å². The molecule has 0 amide bonds. The smallest absolute Gasteiger partial charge is 0.157 e. The van der Waals surface area contributed by atoms with Gasteiger partial charge in [0.2, 0.25) is 0 Å². The van der Waals surface area contributed by atoms with Gasteiger partial charge in [-0.2, -0.15) is 5.10 Å². The van der Waals surface area contributed by atoms with Crippen LogP contribution < -0.4 is 15.4 Å². The van der Waals surface area contributed by atoms with Crippen molar-refractivity contribution in [2.45, 2.75) is 37.6 Å². The van der Waals surface area contributed by atoms with Gasteiger partial charge in [-0.1, -0.05) is 0 Å². The quantitative estimate of drug-likeness (QED) is 0.717. The predicted molar refractivity (Wildman–Crippen MR) is 102 cm³/mol. The second-order valence-electron chi connectivity index (χ2n) is 7.26. The number of aromatic nitrogens is 5. The molecule has 2 aliphatic rings. The molecule has 0 bridgehead atoms. The second-order valence-corrected chi connectivity index (χ2v) is 7.26. The Kier molecular flexibility index (Phi) is 4.12. The fraction of sp³-hybridized carbons (Fsp3) is 0.474. The number of nitrogens with zero attached hydrogens (tertiary/aromatic N) is 5. The van der Waals surface area contributed by atoms with E-state index in [1.165, 1.54) is 6.42 Å². The molecule has 8 heteroatoms. The maximum absolute atomic E-state index is 5.51. The van der Waals surface area contributed by atoms with Gasteiger partial charge >= 0.3 is 0 Å². The molecule has 1 atom stereocenters. The SMILES string of the molecule is COc1cc2ncc(-c3cncc(NC4CCCNC4)n3)n2nc1C1CC1. The molecule has 1 unspecified atom stereocenters. The average Bonchev–Trinajstić information content (AvgIpc) is 3.47. The van der Waals surface area contributed by atoms with Crippen molar-refractivity contribution in [2.24, 2.45) is 0 Å². The minimum Gasteiger partial charge on any atom is -0.495 e. The summed E-state index contributed by atoms with van der Waals surface area (Å²) in [4.78, 5) is 13.6. The van der Waals surface area contributed by atoms with Gasteiger partial charge in [0.25, 0.3) is 0 Å². The highest BCUT2D eigenvalue weighted by atomic mass is 16.5. The zero-order valence-electron chi connectivity index (χ0n) is 15.4.